The van der Waals surface area contributed by atoms with Crippen LogP contribution in [-0.2, 0) is 6.54 Å². The van der Waals surface area contributed by atoms with Crippen LogP contribution >= 0.6 is 24.0 Å². The molecule has 1 saturated carbocycles. The molecule has 2 rings (SSSR count). The Morgan fingerprint density at radius 1 is 1.04 bits per heavy atom. The van der Waals surface area contributed by atoms with Gasteiger partial charge in [-0.25, -0.2) is 0 Å². The maximum Gasteiger partial charge on any atom is 0.190 e. The highest BCUT2D eigenvalue weighted by Crippen LogP contribution is 2.28. The topological polar surface area (TPSA) is 67.1 Å². The highest BCUT2D eigenvalue weighted by atomic mass is 127. The molecule has 0 aliphatic heterocycles. The van der Waals surface area contributed by atoms with Gasteiger partial charge in [0.2, 0.25) is 0 Å². The summed E-state index contributed by atoms with van der Waals surface area (Å²) in [4.78, 5) is 4.28. The predicted molar refractivity (Wildman–Crippen MR) is 110 cm³/mol. The van der Waals surface area contributed by atoms with Crippen molar-refractivity contribution in [2.75, 3.05) is 20.1 Å². The van der Waals surface area contributed by atoms with Gasteiger partial charge in [-0.05, 0) is 25.2 Å². The van der Waals surface area contributed by atoms with Gasteiger partial charge >= 0.3 is 0 Å². The first-order valence-corrected chi connectivity index (χ1v) is 9.15. The van der Waals surface area contributed by atoms with E-state index < -0.39 is 0 Å². The van der Waals surface area contributed by atoms with Crippen LogP contribution in [0.1, 0.15) is 57.8 Å². The fourth-order valence-electron chi connectivity index (χ4n) is 3.25. The van der Waals surface area contributed by atoms with Crippen molar-refractivity contribution in [2.45, 2.75) is 64.3 Å². The molecule has 0 amide bonds. The maximum absolute atomic E-state index is 4.28. The van der Waals surface area contributed by atoms with Crippen molar-refractivity contribution in [1.82, 2.24) is 25.4 Å². The zero-order chi connectivity index (χ0) is 16.2. The maximum atomic E-state index is 4.28. The number of rotatable bonds is 10. The van der Waals surface area contributed by atoms with Gasteiger partial charge < -0.3 is 15.2 Å². The summed E-state index contributed by atoms with van der Waals surface area (Å²) in [5.41, 5.74) is 0. The summed E-state index contributed by atoms with van der Waals surface area (Å²) >= 11 is 0. The second-order valence-electron chi connectivity index (χ2n) is 6.48. The lowest BCUT2D eigenvalue weighted by Crippen LogP contribution is -2.38. The molecule has 1 aliphatic rings. The van der Waals surface area contributed by atoms with Crippen molar-refractivity contribution < 1.29 is 0 Å². The number of aliphatic imine (C=N–C) groups is 1. The fraction of sp³-hybridized carbons (Fsp3) is 0.824. The number of halogens is 1. The monoisotopic (exact) mass is 448 g/mol. The van der Waals surface area contributed by atoms with Gasteiger partial charge in [-0.2, -0.15) is 0 Å². The van der Waals surface area contributed by atoms with E-state index in [-0.39, 0.29) is 24.0 Å². The molecular weight excluding hydrogens is 415 g/mol. The first-order valence-electron chi connectivity index (χ1n) is 9.15. The Kier molecular flexibility index (Phi) is 11.9. The van der Waals surface area contributed by atoms with Crippen LogP contribution in [0.25, 0.3) is 0 Å². The highest BCUT2D eigenvalue weighted by molar-refractivity contribution is 14.0. The van der Waals surface area contributed by atoms with Crippen LogP contribution in [0.15, 0.2) is 17.6 Å². The van der Waals surface area contributed by atoms with Crippen molar-refractivity contribution in [2.24, 2.45) is 10.9 Å². The average Bonchev–Trinajstić information content (AvgIpc) is 3.26. The van der Waals surface area contributed by atoms with E-state index in [1.54, 1.807) is 12.7 Å². The van der Waals surface area contributed by atoms with Crippen LogP contribution in [0.3, 0.4) is 0 Å². The molecule has 0 radical (unpaired) electrons. The summed E-state index contributed by atoms with van der Waals surface area (Å²) in [6.45, 7) is 2.94. The zero-order valence-corrected chi connectivity index (χ0v) is 17.2. The van der Waals surface area contributed by atoms with E-state index in [2.05, 4.69) is 25.8 Å². The Bertz CT molecular complexity index is 428. The molecule has 0 atom stereocenters. The molecule has 0 bridgehead atoms. The molecule has 0 unspecified atom stereocenters. The van der Waals surface area contributed by atoms with E-state index in [0.29, 0.717) is 0 Å². The minimum atomic E-state index is 0. The van der Waals surface area contributed by atoms with Crippen LogP contribution in [0.5, 0.6) is 0 Å². The largest absolute Gasteiger partial charge is 0.356 e. The summed E-state index contributed by atoms with van der Waals surface area (Å²) in [6.07, 6.45) is 15.6. The van der Waals surface area contributed by atoms with Gasteiger partial charge in [0.15, 0.2) is 5.96 Å². The number of guanidine groups is 1. The number of unbranched alkanes of at least 4 members (excludes halogenated alkanes) is 2. The van der Waals surface area contributed by atoms with E-state index in [1.807, 2.05) is 11.6 Å². The molecular formula is C17H33IN6. The highest BCUT2D eigenvalue weighted by Gasteiger charge is 2.13. The summed E-state index contributed by atoms with van der Waals surface area (Å²) in [5, 5.41) is 14.4. The molecule has 1 fully saturated rings. The Morgan fingerprint density at radius 2 is 1.67 bits per heavy atom. The number of aryl methyl sites for hydroxylation is 1. The van der Waals surface area contributed by atoms with Crippen molar-refractivity contribution >= 4 is 29.9 Å². The third-order valence-corrected chi connectivity index (χ3v) is 4.63. The van der Waals surface area contributed by atoms with Gasteiger partial charge in [0, 0.05) is 26.7 Å². The van der Waals surface area contributed by atoms with Gasteiger partial charge in [-0.15, -0.1) is 34.2 Å². The van der Waals surface area contributed by atoms with E-state index in [0.717, 1.165) is 44.4 Å². The lowest BCUT2D eigenvalue weighted by Gasteiger charge is -2.12. The first-order chi connectivity index (χ1) is 11.4. The Balaban J connectivity index is 0.00000288. The summed E-state index contributed by atoms with van der Waals surface area (Å²) in [6, 6.07) is 0. The minimum absolute atomic E-state index is 0. The Hall–Kier alpha value is -0.860. The average molecular weight is 448 g/mol. The van der Waals surface area contributed by atoms with E-state index in [9.17, 15) is 0 Å². The Labute approximate surface area is 163 Å². The SMILES string of the molecule is CN=C(NCCCCC1CCCC1)NCCCCn1cnnc1.I. The predicted octanol–water partition coefficient (Wildman–Crippen LogP) is 3.20. The second-order valence-corrected chi connectivity index (χ2v) is 6.48. The molecule has 0 spiro atoms. The number of hydrogen-bond donors (Lipinski definition) is 2. The van der Waals surface area contributed by atoms with Crippen LogP contribution in [0.2, 0.25) is 0 Å². The molecule has 138 valence electrons. The lowest BCUT2D eigenvalue weighted by molar-refractivity contribution is 0.472. The molecule has 1 aromatic heterocycles. The normalized spacial score (nSPS) is 15.3. The standard InChI is InChI=1S/C17H32N6.HI/c1-18-17(19-11-5-4-10-16-8-2-3-9-16)20-12-6-7-13-23-14-21-22-15-23;/h14-16H,2-13H2,1H3,(H2,18,19,20);1H. The smallest absolute Gasteiger partial charge is 0.190 e. The molecule has 1 heterocycles. The molecule has 1 aromatic rings. The van der Waals surface area contributed by atoms with Gasteiger partial charge in [0.05, 0.1) is 0 Å². The number of nitrogens with one attached hydrogen (secondary N) is 2. The lowest BCUT2D eigenvalue weighted by atomic mass is 10.0. The number of aromatic nitrogens is 3. The first kappa shape index (κ1) is 21.2. The molecule has 1 aliphatic carbocycles. The summed E-state index contributed by atoms with van der Waals surface area (Å²) in [7, 11) is 1.84. The van der Waals surface area contributed by atoms with Crippen molar-refractivity contribution in [3.05, 3.63) is 12.7 Å². The van der Waals surface area contributed by atoms with Gasteiger partial charge in [0.25, 0.3) is 0 Å². The number of hydrogen-bond acceptors (Lipinski definition) is 3. The Morgan fingerprint density at radius 3 is 2.29 bits per heavy atom. The third-order valence-electron chi connectivity index (χ3n) is 4.63. The van der Waals surface area contributed by atoms with E-state index >= 15 is 0 Å². The fourth-order valence-corrected chi connectivity index (χ4v) is 3.25. The van der Waals surface area contributed by atoms with E-state index in [1.165, 1.54) is 44.9 Å². The molecule has 24 heavy (non-hydrogen) atoms. The third kappa shape index (κ3) is 8.84. The van der Waals surface area contributed by atoms with Gasteiger partial charge in [-0.3, -0.25) is 4.99 Å². The van der Waals surface area contributed by atoms with Crippen molar-refractivity contribution in [3.63, 3.8) is 0 Å². The van der Waals surface area contributed by atoms with E-state index in [4.69, 9.17) is 0 Å². The van der Waals surface area contributed by atoms with Crippen molar-refractivity contribution in [1.29, 1.82) is 0 Å². The van der Waals surface area contributed by atoms with Crippen LogP contribution in [-0.4, -0.2) is 40.9 Å². The molecule has 0 saturated heterocycles. The van der Waals surface area contributed by atoms with Gasteiger partial charge in [-0.1, -0.05) is 38.5 Å². The van der Waals surface area contributed by atoms with Crippen LogP contribution in [0, 0.1) is 5.92 Å². The molecule has 6 nitrogen and oxygen atoms in total. The summed E-state index contributed by atoms with van der Waals surface area (Å²) < 4.78 is 2.01. The van der Waals surface area contributed by atoms with Crippen LogP contribution in [0.4, 0.5) is 0 Å². The summed E-state index contributed by atoms with van der Waals surface area (Å²) in [5.74, 6) is 1.94. The molecule has 2 N–H and O–H groups in total. The zero-order valence-electron chi connectivity index (χ0n) is 14.9. The quantitative estimate of drug-likeness (QED) is 0.250. The molecule has 7 heteroatoms. The number of nitrogens with zero attached hydrogens (tertiary/aromatic N) is 4. The second kappa shape index (κ2) is 13.4. The minimum Gasteiger partial charge on any atom is -0.356 e. The van der Waals surface area contributed by atoms with Crippen molar-refractivity contribution in [3.8, 4) is 0 Å². The van der Waals surface area contributed by atoms with Gasteiger partial charge in [0.1, 0.15) is 12.7 Å². The molecule has 0 aromatic carbocycles. The van der Waals surface area contributed by atoms with Crippen LogP contribution < -0.4 is 10.6 Å².